The zero-order chi connectivity index (χ0) is 15.9. The van der Waals surface area contributed by atoms with Gasteiger partial charge in [0.1, 0.15) is 5.82 Å². The molecule has 1 fully saturated rings. The number of piperidine rings is 1. The van der Waals surface area contributed by atoms with Crippen molar-refractivity contribution in [2.24, 2.45) is 22.4 Å². The van der Waals surface area contributed by atoms with Gasteiger partial charge in [-0.15, -0.1) is 24.0 Å². The van der Waals surface area contributed by atoms with E-state index in [2.05, 4.69) is 4.99 Å². The van der Waals surface area contributed by atoms with E-state index in [1.165, 1.54) is 18.6 Å². The summed E-state index contributed by atoms with van der Waals surface area (Å²) in [7, 11) is 0. The number of rotatable bonds is 5. The SMILES string of the molecule is I.NC(=O)C(CN=C(N)N1CCCCC1)Cc1ccc(F)cc1. The number of carbonyl (C=O) groups is 1. The normalized spacial score (nSPS) is 16.6. The molecule has 1 aliphatic rings. The zero-order valence-electron chi connectivity index (χ0n) is 13.1. The highest BCUT2D eigenvalue weighted by Crippen LogP contribution is 2.12. The Morgan fingerprint density at radius 2 is 1.78 bits per heavy atom. The van der Waals surface area contributed by atoms with Gasteiger partial charge in [0.05, 0.1) is 12.5 Å². The number of nitrogens with zero attached hydrogens (tertiary/aromatic N) is 2. The molecule has 7 heteroatoms. The first kappa shape index (κ1) is 19.7. The number of hydrogen-bond donors (Lipinski definition) is 2. The van der Waals surface area contributed by atoms with Crippen molar-refractivity contribution < 1.29 is 9.18 Å². The van der Waals surface area contributed by atoms with Crippen LogP contribution >= 0.6 is 24.0 Å². The highest BCUT2D eigenvalue weighted by molar-refractivity contribution is 14.0. The fraction of sp³-hybridized carbons (Fsp3) is 0.500. The van der Waals surface area contributed by atoms with Gasteiger partial charge in [0.15, 0.2) is 5.96 Å². The number of benzene rings is 1. The van der Waals surface area contributed by atoms with Crippen LogP contribution in [-0.4, -0.2) is 36.4 Å². The predicted molar refractivity (Wildman–Crippen MR) is 100 cm³/mol. The summed E-state index contributed by atoms with van der Waals surface area (Å²) in [5, 5.41) is 0. The minimum atomic E-state index is -0.436. The lowest BCUT2D eigenvalue weighted by Crippen LogP contribution is -2.41. The summed E-state index contributed by atoms with van der Waals surface area (Å²) in [6.07, 6.45) is 3.89. The highest BCUT2D eigenvalue weighted by Gasteiger charge is 2.17. The molecular formula is C16H24FIN4O. The maximum Gasteiger partial charge on any atom is 0.222 e. The molecule has 1 amide bonds. The predicted octanol–water partition coefficient (Wildman–Crippen LogP) is 1.89. The second-order valence-electron chi connectivity index (χ2n) is 5.68. The molecule has 0 aliphatic carbocycles. The average molecular weight is 434 g/mol. The lowest BCUT2D eigenvalue weighted by molar-refractivity contribution is -0.121. The second kappa shape index (κ2) is 9.69. The first-order valence-electron chi connectivity index (χ1n) is 7.65. The van der Waals surface area contributed by atoms with Crippen LogP contribution in [0.4, 0.5) is 4.39 Å². The number of nitrogens with two attached hydrogens (primary N) is 2. The van der Waals surface area contributed by atoms with E-state index in [-0.39, 0.29) is 36.3 Å². The maximum atomic E-state index is 12.9. The quantitative estimate of drug-likeness (QED) is 0.422. The number of carbonyl (C=O) groups excluding carboxylic acids is 1. The van der Waals surface area contributed by atoms with E-state index in [4.69, 9.17) is 11.5 Å². The number of amides is 1. The van der Waals surface area contributed by atoms with Gasteiger partial charge in [0.2, 0.25) is 5.91 Å². The summed E-state index contributed by atoms with van der Waals surface area (Å²) in [4.78, 5) is 18.0. The largest absolute Gasteiger partial charge is 0.370 e. The molecule has 0 bridgehead atoms. The number of primary amides is 1. The Morgan fingerprint density at radius 3 is 2.35 bits per heavy atom. The number of guanidine groups is 1. The van der Waals surface area contributed by atoms with Crippen LogP contribution < -0.4 is 11.5 Å². The summed E-state index contributed by atoms with van der Waals surface area (Å²) in [5.41, 5.74) is 12.3. The first-order valence-corrected chi connectivity index (χ1v) is 7.65. The van der Waals surface area contributed by atoms with Gasteiger partial charge < -0.3 is 16.4 Å². The standard InChI is InChI=1S/C16H23FN4O.HI/c17-14-6-4-12(5-7-14)10-13(15(18)22)11-20-16(19)21-8-2-1-3-9-21;/h4-7,13H,1-3,8-11H2,(H2,18,22)(H2,19,20);1H. The molecule has 0 saturated carbocycles. The Hall–Kier alpha value is -1.38. The second-order valence-corrected chi connectivity index (χ2v) is 5.68. The summed E-state index contributed by atoms with van der Waals surface area (Å²) in [5.74, 6) is -0.676. The van der Waals surface area contributed by atoms with Crippen molar-refractivity contribution >= 4 is 35.8 Å². The first-order chi connectivity index (χ1) is 10.6. The van der Waals surface area contributed by atoms with Gasteiger partial charge in [0, 0.05) is 13.1 Å². The van der Waals surface area contributed by atoms with Gasteiger partial charge in [-0.1, -0.05) is 12.1 Å². The molecule has 0 radical (unpaired) electrons. The summed E-state index contributed by atoms with van der Waals surface area (Å²) in [6.45, 7) is 2.08. The Balaban J connectivity index is 0.00000264. The molecule has 4 N–H and O–H groups in total. The van der Waals surface area contributed by atoms with Gasteiger partial charge in [-0.05, 0) is 43.4 Å². The molecule has 0 spiro atoms. The molecule has 0 aromatic heterocycles. The van der Waals surface area contributed by atoms with E-state index in [1.807, 2.05) is 4.90 Å². The monoisotopic (exact) mass is 434 g/mol. The van der Waals surface area contributed by atoms with Crippen LogP contribution in [0.1, 0.15) is 24.8 Å². The Bertz CT molecular complexity index is 529. The van der Waals surface area contributed by atoms with Crippen LogP contribution in [0.15, 0.2) is 29.3 Å². The van der Waals surface area contributed by atoms with E-state index >= 15 is 0 Å². The van der Waals surface area contributed by atoms with E-state index in [1.54, 1.807) is 12.1 Å². The molecule has 1 aliphatic heterocycles. The molecule has 23 heavy (non-hydrogen) atoms. The van der Waals surface area contributed by atoms with E-state index in [0.717, 1.165) is 31.5 Å². The average Bonchev–Trinajstić information content (AvgIpc) is 2.53. The van der Waals surface area contributed by atoms with Crippen LogP contribution in [0.3, 0.4) is 0 Å². The molecule has 128 valence electrons. The van der Waals surface area contributed by atoms with Crippen molar-refractivity contribution in [2.75, 3.05) is 19.6 Å². The highest BCUT2D eigenvalue weighted by atomic mass is 127. The van der Waals surface area contributed by atoms with Gasteiger partial charge >= 0.3 is 0 Å². The maximum absolute atomic E-state index is 12.9. The molecule has 1 atom stereocenters. The third-order valence-corrected chi connectivity index (χ3v) is 3.95. The number of halogens is 2. The third-order valence-electron chi connectivity index (χ3n) is 3.95. The Kier molecular flexibility index (Phi) is 8.29. The van der Waals surface area contributed by atoms with Crippen LogP contribution in [0, 0.1) is 11.7 Å². The minimum absolute atomic E-state index is 0. The van der Waals surface area contributed by atoms with Crippen molar-refractivity contribution in [1.82, 2.24) is 4.90 Å². The zero-order valence-corrected chi connectivity index (χ0v) is 15.4. The van der Waals surface area contributed by atoms with Gasteiger partial charge in [0.25, 0.3) is 0 Å². The molecule has 1 unspecified atom stereocenters. The van der Waals surface area contributed by atoms with Gasteiger partial charge in [-0.3, -0.25) is 9.79 Å². The van der Waals surface area contributed by atoms with E-state index in [9.17, 15) is 9.18 Å². The molecule has 1 heterocycles. The Morgan fingerprint density at radius 1 is 1.17 bits per heavy atom. The van der Waals surface area contributed by atoms with Crippen molar-refractivity contribution in [3.05, 3.63) is 35.6 Å². The molecular weight excluding hydrogens is 410 g/mol. The Labute approximate surface area is 153 Å². The third kappa shape index (κ3) is 6.32. The molecule has 5 nitrogen and oxygen atoms in total. The van der Waals surface area contributed by atoms with Gasteiger partial charge in [-0.2, -0.15) is 0 Å². The molecule has 1 saturated heterocycles. The van der Waals surface area contributed by atoms with Crippen LogP contribution in [-0.2, 0) is 11.2 Å². The number of aliphatic imine (C=N–C) groups is 1. The molecule has 1 aromatic rings. The van der Waals surface area contributed by atoms with E-state index < -0.39 is 11.8 Å². The smallest absolute Gasteiger partial charge is 0.222 e. The van der Waals surface area contributed by atoms with Crippen LogP contribution in [0.25, 0.3) is 0 Å². The molecule has 1 aromatic carbocycles. The van der Waals surface area contributed by atoms with Gasteiger partial charge in [-0.25, -0.2) is 4.39 Å². The lowest BCUT2D eigenvalue weighted by Gasteiger charge is -2.27. The van der Waals surface area contributed by atoms with E-state index in [0.29, 0.717) is 12.4 Å². The summed E-state index contributed by atoms with van der Waals surface area (Å²) >= 11 is 0. The number of likely N-dealkylation sites (tertiary alicyclic amines) is 1. The number of hydrogen-bond acceptors (Lipinski definition) is 2. The van der Waals surface area contributed by atoms with Crippen LogP contribution in [0.2, 0.25) is 0 Å². The topological polar surface area (TPSA) is 84.7 Å². The minimum Gasteiger partial charge on any atom is -0.370 e. The van der Waals surface area contributed by atoms with Crippen LogP contribution in [0.5, 0.6) is 0 Å². The molecule has 2 rings (SSSR count). The van der Waals surface area contributed by atoms with Crippen molar-refractivity contribution in [3.8, 4) is 0 Å². The van der Waals surface area contributed by atoms with Crippen molar-refractivity contribution in [3.63, 3.8) is 0 Å². The summed E-state index contributed by atoms with van der Waals surface area (Å²) < 4.78 is 12.9. The van der Waals surface area contributed by atoms with Crippen molar-refractivity contribution in [2.45, 2.75) is 25.7 Å². The van der Waals surface area contributed by atoms with Crippen molar-refractivity contribution in [1.29, 1.82) is 0 Å². The lowest BCUT2D eigenvalue weighted by atomic mass is 9.99. The fourth-order valence-corrected chi connectivity index (χ4v) is 2.59. The fourth-order valence-electron chi connectivity index (χ4n) is 2.59. The summed E-state index contributed by atoms with van der Waals surface area (Å²) in [6, 6.07) is 6.06.